The standard InChI is InChI=1S/C12H18N2OS/c1-9-2-3-11(16-9)12(15)10-8-13-4-6-14(10)7-5-13/h2-3,10,12,15H,4-8H2,1H3. The number of rotatable bonds is 2. The maximum absolute atomic E-state index is 10.4. The van der Waals surface area contributed by atoms with Crippen LogP contribution >= 0.6 is 11.3 Å². The van der Waals surface area contributed by atoms with Gasteiger partial charge in [0.25, 0.3) is 0 Å². The zero-order valence-electron chi connectivity index (χ0n) is 9.59. The van der Waals surface area contributed by atoms with E-state index in [0.717, 1.165) is 24.5 Å². The van der Waals surface area contributed by atoms with Gasteiger partial charge in [0.1, 0.15) is 6.10 Å². The number of aryl methyl sites for hydroxylation is 1. The summed E-state index contributed by atoms with van der Waals surface area (Å²) in [5, 5.41) is 10.4. The summed E-state index contributed by atoms with van der Waals surface area (Å²) in [4.78, 5) is 7.32. The third-order valence-electron chi connectivity index (χ3n) is 3.74. The minimum Gasteiger partial charge on any atom is -0.386 e. The highest BCUT2D eigenvalue weighted by Gasteiger charge is 2.36. The second kappa shape index (κ2) is 4.11. The van der Waals surface area contributed by atoms with Crippen LogP contribution in [0.2, 0.25) is 0 Å². The smallest absolute Gasteiger partial charge is 0.105 e. The second-order valence-corrected chi connectivity index (χ2v) is 6.12. The summed E-state index contributed by atoms with van der Waals surface area (Å²) in [5.41, 5.74) is 0. The molecule has 3 aliphatic rings. The normalized spacial score (nSPS) is 35.2. The van der Waals surface area contributed by atoms with Gasteiger partial charge in [-0.2, -0.15) is 0 Å². The van der Waals surface area contributed by atoms with Crippen molar-refractivity contribution in [2.45, 2.75) is 19.1 Å². The monoisotopic (exact) mass is 238 g/mol. The zero-order valence-corrected chi connectivity index (χ0v) is 10.4. The summed E-state index contributed by atoms with van der Waals surface area (Å²) in [6.45, 7) is 7.70. The van der Waals surface area contributed by atoms with Crippen LogP contribution < -0.4 is 0 Å². The Balaban J connectivity index is 1.77. The molecule has 3 fully saturated rings. The lowest BCUT2D eigenvalue weighted by molar-refractivity contribution is -0.0459. The van der Waals surface area contributed by atoms with Crippen molar-refractivity contribution >= 4 is 11.3 Å². The van der Waals surface area contributed by atoms with Gasteiger partial charge in [0.05, 0.1) is 6.04 Å². The molecule has 0 spiro atoms. The molecule has 0 aromatic carbocycles. The summed E-state index contributed by atoms with van der Waals surface area (Å²) in [6.07, 6.45) is -0.304. The molecule has 2 atom stereocenters. The van der Waals surface area contributed by atoms with Crippen LogP contribution in [0.25, 0.3) is 0 Å². The third-order valence-corrected chi connectivity index (χ3v) is 4.81. The minimum atomic E-state index is -0.304. The van der Waals surface area contributed by atoms with Crippen molar-refractivity contribution in [3.63, 3.8) is 0 Å². The lowest BCUT2D eigenvalue weighted by atomic mass is 10.0. The Bertz CT molecular complexity index is 371. The Morgan fingerprint density at radius 1 is 1.31 bits per heavy atom. The van der Waals surface area contributed by atoms with Gasteiger partial charge in [0, 0.05) is 42.5 Å². The molecule has 0 amide bonds. The van der Waals surface area contributed by atoms with E-state index in [1.54, 1.807) is 11.3 Å². The first kappa shape index (κ1) is 10.7. The molecule has 1 aromatic heterocycles. The molecule has 3 nitrogen and oxygen atoms in total. The molecular formula is C12H18N2OS. The van der Waals surface area contributed by atoms with Crippen LogP contribution in [0.15, 0.2) is 12.1 Å². The molecule has 3 saturated heterocycles. The fourth-order valence-electron chi connectivity index (χ4n) is 2.76. The van der Waals surface area contributed by atoms with Gasteiger partial charge in [-0.1, -0.05) is 0 Å². The molecule has 1 N–H and O–H groups in total. The van der Waals surface area contributed by atoms with E-state index in [4.69, 9.17) is 0 Å². The largest absolute Gasteiger partial charge is 0.386 e. The van der Waals surface area contributed by atoms with Gasteiger partial charge >= 0.3 is 0 Å². The highest BCUT2D eigenvalue weighted by molar-refractivity contribution is 7.12. The molecule has 0 radical (unpaired) electrons. The van der Waals surface area contributed by atoms with Gasteiger partial charge in [-0.05, 0) is 19.1 Å². The first-order valence-corrected chi connectivity index (χ1v) is 6.76. The number of aliphatic hydroxyl groups is 1. The minimum absolute atomic E-state index is 0.304. The molecule has 0 aliphatic carbocycles. The number of thiophene rings is 1. The van der Waals surface area contributed by atoms with Crippen molar-refractivity contribution in [2.75, 3.05) is 32.7 Å². The summed E-state index contributed by atoms with van der Waals surface area (Å²) in [7, 11) is 0. The van der Waals surface area contributed by atoms with E-state index in [9.17, 15) is 5.11 Å². The van der Waals surface area contributed by atoms with Crippen molar-refractivity contribution in [3.05, 3.63) is 21.9 Å². The van der Waals surface area contributed by atoms with Crippen LogP contribution in [-0.2, 0) is 0 Å². The van der Waals surface area contributed by atoms with Crippen LogP contribution in [0, 0.1) is 6.92 Å². The van der Waals surface area contributed by atoms with E-state index < -0.39 is 0 Å². The Morgan fingerprint density at radius 2 is 2.06 bits per heavy atom. The SMILES string of the molecule is Cc1ccc(C(O)C2CN3CCN2CC3)s1. The van der Waals surface area contributed by atoms with Crippen molar-refractivity contribution in [1.82, 2.24) is 9.80 Å². The van der Waals surface area contributed by atoms with E-state index in [-0.39, 0.29) is 6.10 Å². The number of aliphatic hydroxyl groups excluding tert-OH is 1. The van der Waals surface area contributed by atoms with Crippen LogP contribution in [0.4, 0.5) is 0 Å². The van der Waals surface area contributed by atoms with E-state index in [1.807, 2.05) is 0 Å². The molecule has 88 valence electrons. The zero-order chi connectivity index (χ0) is 11.1. The maximum Gasteiger partial charge on any atom is 0.105 e. The Morgan fingerprint density at radius 3 is 2.56 bits per heavy atom. The Kier molecular flexibility index (Phi) is 2.75. The van der Waals surface area contributed by atoms with Crippen LogP contribution in [0.1, 0.15) is 15.9 Å². The fraction of sp³-hybridized carbons (Fsp3) is 0.667. The average Bonchev–Trinajstić information content (AvgIpc) is 2.76. The number of hydrogen-bond donors (Lipinski definition) is 1. The molecule has 16 heavy (non-hydrogen) atoms. The molecule has 4 heterocycles. The number of hydrogen-bond acceptors (Lipinski definition) is 4. The predicted molar refractivity (Wildman–Crippen MR) is 65.8 cm³/mol. The molecule has 2 bridgehead atoms. The van der Waals surface area contributed by atoms with Crippen LogP contribution in [-0.4, -0.2) is 53.7 Å². The van der Waals surface area contributed by atoms with E-state index in [0.29, 0.717) is 6.04 Å². The number of fused-ring (bicyclic) bond motifs is 3. The van der Waals surface area contributed by atoms with Crippen LogP contribution in [0.3, 0.4) is 0 Å². The van der Waals surface area contributed by atoms with Crippen molar-refractivity contribution in [1.29, 1.82) is 0 Å². The van der Waals surface area contributed by atoms with Crippen molar-refractivity contribution < 1.29 is 5.11 Å². The van der Waals surface area contributed by atoms with Gasteiger partial charge in [-0.3, -0.25) is 9.80 Å². The second-order valence-electron chi connectivity index (χ2n) is 4.80. The first-order valence-electron chi connectivity index (χ1n) is 5.95. The average molecular weight is 238 g/mol. The van der Waals surface area contributed by atoms with E-state index in [1.165, 1.54) is 18.0 Å². The van der Waals surface area contributed by atoms with Crippen molar-refractivity contribution in [3.8, 4) is 0 Å². The summed E-state index contributed by atoms with van der Waals surface area (Å²) in [5.74, 6) is 0. The lowest BCUT2D eigenvalue weighted by Gasteiger charge is -2.48. The van der Waals surface area contributed by atoms with Gasteiger partial charge in [-0.15, -0.1) is 11.3 Å². The molecule has 3 aliphatic heterocycles. The quantitative estimate of drug-likeness (QED) is 0.835. The third kappa shape index (κ3) is 1.80. The molecule has 1 aromatic rings. The van der Waals surface area contributed by atoms with Gasteiger partial charge in [0.2, 0.25) is 0 Å². The summed E-state index contributed by atoms with van der Waals surface area (Å²) < 4.78 is 0. The van der Waals surface area contributed by atoms with Crippen LogP contribution in [0.5, 0.6) is 0 Å². The highest BCUT2D eigenvalue weighted by Crippen LogP contribution is 2.30. The molecular weight excluding hydrogens is 220 g/mol. The molecule has 0 saturated carbocycles. The van der Waals surface area contributed by atoms with Gasteiger partial charge in [-0.25, -0.2) is 0 Å². The van der Waals surface area contributed by atoms with Gasteiger partial charge in [0.15, 0.2) is 0 Å². The number of nitrogens with zero attached hydrogens (tertiary/aromatic N) is 2. The topological polar surface area (TPSA) is 26.7 Å². The Hall–Kier alpha value is -0.420. The summed E-state index contributed by atoms with van der Waals surface area (Å²) >= 11 is 1.72. The summed E-state index contributed by atoms with van der Waals surface area (Å²) in [6, 6.07) is 4.48. The first-order chi connectivity index (χ1) is 7.74. The Labute approximate surface area is 100 Å². The molecule has 4 heteroatoms. The van der Waals surface area contributed by atoms with Crippen molar-refractivity contribution in [2.24, 2.45) is 0 Å². The predicted octanol–water partition coefficient (Wildman–Crippen LogP) is 1.09. The fourth-order valence-corrected chi connectivity index (χ4v) is 3.68. The van der Waals surface area contributed by atoms with E-state index >= 15 is 0 Å². The van der Waals surface area contributed by atoms with Gasteiger partial charge < -0.3 is 5.11 Å². The number of piperazine rings is 3. The highest BCUT2D eigenvalue weighted by atomic mass is 32.1. The lowest BCUT2D eigenvalue weighted by Crippen LogP contribution is -2.62. The van der Waals surface area contributed by atoms with E-state index in [2.05, 4.69) is 28.9 Å². The molecule has 2 unspecified atom stereocenters. The maximum atomic E-state index is 10.4. The molecule has 4 rings (SSSR count).